The highest BCUT2D eigenvalue weighted by molar-refractivity contribution is 9.10. The fourth-order valence-corrected chi connectivity index (χ4v) is 4.60. The first kappa shape index (κ1) is 21.4. The van der Waals surface area contributed by atoms with Gasteiger partial charge in [0.25, 0.3) is 0 Å². The van der Waals surface area contributed by atoms with Gasteiger partial charge in [0.05, 0.1) is 27.6 Å². The number of esters is 1. The molecule has 0 aliphatic carbocycles. The van der Waals surface area contributed by atoms with Crippen molar-refractivity contribution in [1.82, 2.24) is 9.97 Å². The third kappa shape index (κ3) is 3.82. The van der Waals surface area contributed by atoms with Crippen LogP contribution >= 0.6 is 15.9 Å². The quantitative estimate of drug-likeness (QED) is 0.109. The number of aromatic nitrogens is 2. The fourth-order valence-electron chi connectivity index (χ4n) is 4.34. The molecule has 0 aliphatic heterocycles. The SMILES string of the molecule is O=C(COC(=O)c1ccc2nc3c4ccccc4c4ccccc4c3nc2c1)c1ccc(Br)cc1. The lowest BCUT2D eigenvalue weighted by molar-refractivity contribution is 0.0475. The molecule has 6 rings (SSSR count). The summed E-state index contributed by atoms with van der Waals surface area (Å²) in [6, 6.07) is 28.3. The summed E-state index contributed by atoms with van der Waals surface area (Å²) in [6.45, 7) is -0.335. The Morgan fingerprint density at radius 1 is 0.657 bits per heavy atom. The Kier molecular flexibility index (Phi) is 5.23. The Morgan fingerprint density at radius 2 is 1.20 bits per heavy atom. The highest BCUT2D eigenvalue weighted by atomic mass is 79.9. The van der Waals surface area contributed by atoms with E-state index >= 15 is 0 Å². The van der Waals surface area contributed by atoms with Crippen LogP contribution in [0, 0.1) is 0 Å². The molecule has 0 unspecified atom stereocenters. The van der Waals surface area contributed by atoms with Gasteiger partial charge in [0, 0.05) is 20.8 Å². The molecule has 1 aromatic heterocycles. The molecule has 168 valence electrons. The Balaban J connectivity index is 1.38. The van der Waals surface area contributed by atoms with Gasteiger partial charge in [-0.3, -0.25) is 4.79 Å². The van der Waals surface area contributed by atoms with Crippen LogP contribution in [0.3, 0.4) is 0 Å². The van der Waals surface area contributed by atoms with Crippen LogP contribution in [-0.4, -0.2) is 28.3 Å². The van der Waals surface area contributed by atoms with Crippen molar-refractivity contribution in [2.45, 2.75) is 0 Å². The number of ketones is 1. The molecule has 0 bridgehead atoms. The van der Waals surface area contributed by atoms with Gasteiger partial charge in [-0.2, -0.15) is 0 Å². The number of carbonyl (C=O) groups excluding carboxylic acids is 2. The molecule has 0 fully saturated rings. The summed E-state index contributed by atoms with van der Waals surface area (Å²) in [5.41, 5.74) is 3.67. The maximum atomic E-state index is 12.7. The minimum Gasteiger partial charge on any atom is -0.454 e. The zero-order valence-corrected chi connectivity index (χ0v) is 20.0. The molecule has 6 heteroatoms. The van der Waals surface area contributed by atoms with E-state index in [1.165, 1.54) is 0 Å². The summed E-state index contributed by atoms with van der Waals surface area (Å²) in [7, 11) is 0. The monoisotopic (exact) mass is 520 g/mol. The summed E-state index contributed by atoms with van der Waals surface area (Å²) < 4.78 is 6.16. The maximum Gasteiger partial charge on any atom is 0.338 e. The third-order valence-electron chi connectivity index (χ3n) is 6.06. The van der Waals surface area contributed by atoms with E-state index in [2.05, 4.69) is 34.1 Å². The number of hydrogen-bond acceptors (Lipinski definition) is 5. The topological polar surface area (TPSA) is 69.2 Å². The lowest BCUT2D eigenvalue weighted by Gasteiger charge is -2.10. The average molecular weight is 521 g/mol. The van der Waals surface area contributed by atoms with E-state index in [4.69, 9.17) is 14.7 Å². The van der Waals surface area contributed by atoms with Crippen LogP contribution in [0.25, 0.3) is 43.6 Å². The second kappa shape index (κ2) is 8.56. The van der Waals surface area contributed by atoms with Gasteiger partial charge < -0.3 is 4.74 Å². The molecule has 0 saturated carbocycles. The zero-order chi connectivity index (χ0) is 23.9. The van der Waals surface area contributed by atoms with Crippen molar-refractivity contribution in [2.75, 3.05) is 6.61 Å². The molecule has 5 aromatic carbocycles. The number of nitrogens with zero attached hydrogens (tertiary/aromatic N) is 2. The number of benzene rings is 5. The van der Waals surface area contributed by atoms with Crippen LogP contribution in [0.15, 0.2) is 95.5 Å². The molecule has 35 heavy (non-hydrogen) atoms. The Labute approximate surface area is 208 Å². The lowest BCUT2D eigenvalue weighted by atomic mass is 9.99. The number of halogens is 1. The number of carbonyl (C=O) groups is 2. The van der Waals surface area contributed by atoms with E-state index in [0.717, 1.165) is 37.1 Å². The normalized spacial score (nSPS) is 11.3. The molecule has 6 aromatic rings. The number of fused-ring (bicyclic) bond motifs is 7. The molecule has 0 N–H and O–H groups in total. The molecule has 0 spiro atoms. The summed E-state index contributed by atoms with van der Waals surface area (Å²) in [5.74, 6) is -0.849. The van der Waals surface area contributed by atoms with Gasteiger partial charge in [0.1, 0.15) is 0 Å². The summed E-state index contributed by atoms with van der Waals surface area (Å²) in [4.78, 5) is 34.9. The molecule has 0 radical (unpaired) electrons. The van der Waals surface area contributed by atoms with Crippen molar-refractivity contribution < 1.29 is 14.3 Å². The Morgan fingerprint density at radius 3 is 1.83 bits per heavy atom. The average Bonchev–Trinajstić information content (AvgIpc) is 2.91. The first-order chi connectivity index (χ1) is 17.1. The third-order valence-corrected chi connectivity index (χ3v) is 6.58. The van der Waals surface area contributed by atoms with Gasteiger partial charge in [0.2, 0.25) is 0 Å². The van der Waals surface area contributed by atoms with Gasteiger partial charge in [-0.1, -0.05) is 76.6 Å². The lowest BCUT2D eigenvalue weighted by Crippen LogP contribution is -2.14. The molecular weight excluding hydrogens is 504 g/mol. The minimum absolute atomic E-state index is 0.268. The summed E-state index contributed by atoms with van der Waals surface area (Å²) in [6.07, 6.45) is 0. The van der Waals surface area contributed by atoms with Gasteiger partial charge in [-0.05, 0) is 41.1 Å². The highest BCUT2D eigenvalue weighted by Gasteiger charge is 2.15. The fraction of sp³-hybridized carbons (Fsp3) is 0.0345. The first-order valence-corrected chi connectivity index (χ1v) is 11.8. The van der Waals surface area contributed by atoms with E-state index in [1.54, 1.807) is 42.5 Å². The summed E-state index contributed by atoms with van der Waals surface area (Å²) in [5, 5.41) is 4.26. The van der Waals surface area contributed by atoms with Gasteiger partial charge in [0.15, 0.2) is 12.4 Å². The largest absolute Gasteiger partial charge is 0.454 e. The van der Waals surface area contributed by atoms with Crippen LogP contribution in [0.1, 0.15) is 20.7 Å². The second-order valence-electron chi connectivity index (χ2n) is 8.22. The van der Waals surface area contributed by atoms with E-state index in [0.29, 0.717) is 22.2 Å². The Bertz CT molecular complexity index is 1800. The van der Waals surface area contributed by atoms with E-state index < -0.39 is 5.97 Å². The molecule has 1 heterocycles. The van der Waals surface area contributed by atoms with E-state index in [1.807, 2.05) is 30.3 Å². The first-order valence-electron chi connectivity index (χ1n) is 11.1. The van der Waals surface area contributed by atoms with Crippen LogP contribution in [0.2, 0.25) is 0 Å². The minimum atomic E-state index is -0.581. The van der Waals surface area contributed by atoms with Gasteiger partial charge in [-0.15, -0.1) is 0 Å². The van der Waals surface area contributed by atoms with Crippen LogP contribution in [-0.2, 0) is 4.74 Å². The van der Waals surface area contributed by atoms with Crippen molar-refractivity contribution in [2.24, 2.45) is 0 Å². The molecule has 5 nitrogen and oxygen atoms in total. The van der Waals surface area contributed by atoms with Crippen molar-refractivity contribution in [1.29, 1.82) is 0 Å². The zero-order valence-electron chi connectivity index (χ0n) is 18.4. The van der Waals surface area contributed by atoms with Gasteiger partial charge in [-0.25, -0.2) is 14.8 Å². The molecule has 0 aliphatic rings. The predicted octanol–water partition coefficient (Wildman–Crippen LogP) is 6.89. The predicted molar refractivity (Wildman–Crippen MR) is 141 cm³/mol. The van der Waals surface area contributed by atoms with E-state index in [-0.39, 0.29) is 12.4 Å². The smallest absolute Gasteiger partial charge is 0.338 e. The van der Waals surface area contributed by atoms with Crippen LogP contribution < -0.4 is 0 Å². The number of hydrogen-bond donors (Lipinski definition) is 0. The number of rotatable bonds is 4. The number of ether oxygens (including phenoxy) is 1. The van der Waals surface area contributed by atoms with Gasteiger partial charge >= 0.3 is 5.97 Å². The molecule has 0 amide bonds. The highest BCUT2D eigenvalue weighted by Crippen LogP contribution is 2.34. The standard InChI is InChI=1S/C29H17BrN2O3/c30-19-12-9-17(10-13-19)26(33)16-35-29(34)18-11-14-24-25(15-18)32-28-23-8-4-2-6-21(23)20-5-1-3-7-22(20)27(28)31-24/h1-15H,16H2. The molecule has 0 atom stereocenters. The van der Waals surface area contributed by atoms with Crippen molar-refractivity contribution in [3.05, 3.63) is 107 Å². The van der Waals surface area contributed by atoms with Crippen molar-refractivity contribution in [3.63, 3.8) is 0 Å². The molecule has 0 saturated heterocycles. The van der Waals surface area contributed by atoms with Crippen LogP contribution in [0.5, 0.6) is 0 Å². The van der Waals surface area contributed by atoms with Crippen molar-refractivity contribution in [3.8, 4) is 0 Å². The van der Waals surface area contributed by atoms with Crippen LogP contribution in [0.4, 0.5) is 0 Å². The Hall–Kier alpha value is -4.16. The van der Waals surface area contributed by atoms with E-state index in [9.17, 15) is 9.59 Å². The summed E-state index contributed by atoms with van der Waals surface area (Å²) >= 11 is 3.34. The number of Topliss-reactive ketones (excluding diaryl/α,β-unsaturated/α-hetero) is 1. The maximum absolute atomic E-state index is 12.7. The molecular formula is C29H17BrN2O3. The van der Waals surface area contributed by atoms with Crippen molar-refractivity contribution >= 4 is 71.3 Å². The second-order valence-corrected chi connectivity index (χ2v) is 9.14.